The van der Waals surface area contributed by atoms with Crippen LogP contribution < -0.4 is 5.32 Å². The number of rotatable bonds is 9. The quantitative estimate of drug-likeness (QED) is 0.661. The van der Waals surface area contributed by atoms with E-state index in [4.69, 9.17) is 23.2 Å². The number of nitrogens with one attached hydrogen (secondary N) is 1. The molecule has 0 fully saturated rings. The van der Waals surface area contributed by atoms with Crippen molar-refractivity contribution < 1.29 is 0 Å². The van der Waals surface area contributed by atoms with Gasteiger partial charge in [0.05, 0.1) is 15.7 Å². The molecule has 2 aromatic rings. The van der Waals surface area contributed by atoms with Crippen LogP contribution in [0.3, 0.4) is 0 Å². The number of aromatic nitrogens is 2. The van der Waals surface area contributed by atoms with Crippen molar-refractivity contribution in [3.05, 3.63) is 40.5 Å². The second-order valence-corrected chi connectivity index (χ2v) is 6.22. The SMILES string of the molecule is CCN(CC)CCCCNc1ccn(-c2ccc(Cl)c(Cl)c2)n1. The third kappa shape index (κ3) is 5.41. The molecule has 1 aromatic heterocycles. The van der Waals surface area contributed by atoms with Crippen LogP contribution in [0.15, 0.2) is 30.5 Å². The fourth-order valence-electron chi connectivity index (χ4n) is 2.41. The smallest absolute Gasteiger partial charge is 0.148 e. The third-order valence-electron chi connectivity index (χ3n) is 3.86. The van der Waals surface area contributed by atoms with E-state index >= 15 is 0 Å². The predicted molar refractivity (Wildman–Crippen MR) is 99.1 cm³/mol. The zero-order valence-corrected chi connectivity index (χ0v) is 15.2. The first kappa shape index (κ1) is 18.1. The molecule has 2 rings (SSSR count). The zero-order valence-electron chi connectivity index (χ0n) is 13.7. The highest BCUT2D eigenvalue weighted by atomic mass is 35.5. The molecular weight excluding hydrogens is 331 g/mol. The van der Waals surface area contributed by atoms with Crippen LogP contribution in [0.25, 0.3) is 5.69 Å². The monoisotopic (exact) mass is 354 g/mol. The van der Waals surface area contributed by atoms with E-state index in [2.05, 4.69) is 29.2 Å². The Hall–Kier alpha value is -1.23. The summed E-state index contributed by atoms with van der Waals surface area (Å²) in [4.78, 5) is 2.44. The molecule has 0 saturated heterocycles. The summed E-state index contributed by atoms with van der Waals surface area (Å²) >= 11 is 12.0. The summed E-state index contributed by atoms with van der Waals surface area (Å²) in [5, 5.41) is 8.95. The normalized spacial score (nSPS) is 11.2. The van der Waals surface area contributed by atoms with Crippen LogP contribution in [0.5, 0.6) is 0 Å². The molecule has 0 saturated carbocycles. The molecule has 0 atom stereocenters. The Kier molecular flexibility index (Phi) is 7.21. The Morgan fingerprint density at radius 2 is 1.87 bits per heavy atom. The summed E-state index contributed by atoms with van der Waals surface area (Å²) in [6, 6.07) is 7.45. The molecule has 1 N–H and O–H groups in total. The number of nitrogens with zero attached hydrogens (tertiary/aromatic N) is 3. The molecule has 0 spiro atoms. The average molecular weight is 355 g/mol. The lowest BCUT2D eigenvalue weighted by Crippen LogP contribution is -2.24. The van der Waals surface area contributed by atoms with Crippen LogP contribution in [0.1, 0.15) is 26.7 Å². The van der Waals surface area contributed by atoms with E-state index in [1.54, 1.807) is 10.7 Å². The number of unbranched alkanes of at least 4 members (excludes halogenated alkanes) is 1. The molecule has 6 heteroatoms. The van der Waals surface area contributed by atoms with Crippen LogP contribution in [-0.4, -0.2) is 40.9 Å². The van der Waals surface area contributed by atoms with Gasteiger partial charge in [-0.25, -0.2) is 4.68 Å². The van der Waals surface area contributed by atoms with E-state index in [-0.39, 0.29) is 0 Å². The molecule has 1 heterocycles. The lowest BCUT2D eigenvalue weighted by molar-refractivity contribution is 0.298. The van der Waals surface area contributed by atoms with E-state index in [0.29, 0.717) is 10.0 Å². The van der Waals surface area contributed by atoms with Gasteiger partial charge in [0.1, 0.15) is 5.82 Å². The van der Waals surface area contributed by atoms with Crippen molar-refractivity contribution in [3.8, 4) is 5.69 Å². The molecule has 0 aliphatic rings. The van der Waals surface area contributed by atoms with Gasteiger partial charge in [0.2, 0.25) is 0 Å². The van der Waals surface area contributed by atoms with Gasteiger partial charge in [-0.15, -0.1) is 0 Å². The summed E-state index contributed by atoms with van der Waals surface area (Å²) in [6.45, 7) is 8.75. The summed E-state index contributed by atoms with van der Waals surface area (Å²) in [5.74, 6) is 0.874. The molecule has 0 aliphatic heterocycles. The number of hydrogen-bond acceptors (Lipinski definition) is 3. The van der Waals surface area contributed by atoms with Gasteiger partial charge < -0.3 is 10.2 Å². The van der Waals surface area contributed by atoms with Gasteiger partial charge in [0, 0.05) is 18.8 Å². The first-order valence-corrected chi connectivity index (χ1v) is 8.87. The molecule has 0 radical (unpaired) electrons. The van der Waals surface area contributed by atoms with Gasteiger partial charge in [-0.3, -0.25) is 0 Å². The Balaban J connectivity index is 1.80. The Morgan fingerprint density at radius 3 is 2.57 bits per heavy atom. The van der Waals surface area contributed by atoms with Crippen LogP contribution in [-0.2, 0) is 0 Å². The van der Waals surface area contributed by atoms with Crippen molar-refractivity contribution in [2.45, 2.75) is 26.7 Å². The number of benzene rings is 1. The molecule has 4 nitrogen and oxygen atoms in total. The lowest BCUT2D eigenvalue weighted by atomic mass is 10.3. The van der Waals surface area contributed by atoms with Gasteiger partial charge in [-0.2, -0.15) is 5.10 Å². The fourth-order valence-corrected chi connectivity index (χ4v) is 2.70. The summed E-state index contributed by atoms with van der Waals surface area (Å²) in [6.07, 6.45) is 4.25. The first-order valence-electron chi connectivity index (χ1n) is 8.11. The van der Waals surface area contributed by atoms with Crippen molar-refractivity contribution in [3.63, 3.8) is 0 Å². The Labute approximate surface area is 148 Å². The number of anilines is 1. The maximum Gasteiger partial charge on any atom is 0.148 e. The Bertz CT molecular complexity index is 608. The highest BCUT2D eigenvalue weighted by molar-refractivity contribution is 6.42. The van der Waals surface area contributed by atoms with Gasteiger partial charge in [-0.05, 0) is 50.7 Å². The van der Waals surface area contributed by atoms with E-state index in [1.807, 2.05) is 24.4 Å². The van der Waals surface area contributed by atoms with Gasteiger partial charge in [-0.1, -0.05) is 37.0 Å². The highest BCUT2D eigenvalue weighted by Crippen LogP contribution is 2.24. The zero-order chi connectivity index (χ0) is 16.7. The predicted octanol–water partition coefficient (Wildman–Crippen LogP) is 4.71. The molecule has 23 heavy (non-hydrogen) atoms. The lowest BCUT2D eigenvalue weighted by Gasteiger charge is -2.17. The minimum atomic E-state index is 0.533. The topological polar surface area (TPSA) is 33.1 Å². The van der Waals surface area contributed by atoms with Crippen molar-refractivity contribution in [1.29, 1.82) is 0 Å². The van der Waals surface area contributed by atoms with Gasteiger partial charge in [0.25, 0.3) is 0 Å². The molecule has 0 aliphatic carbocycles. The van der Waals surface area contributed by atoms with E-state index in [9.17, 15) is 0 Å². The van der Waals surface area contributed by atoms with E-state index < -0.39 is 0 Å². The number of halogens is 2. The minimum Gasteiger partial charge on any atom is -0.369 e. The minimum absolute atomic E-state index is 0.533. The largest absolute Gasteiger partial charge is 0.369 e. The van der Waals surface area contributed by atoms with Crippen molar-refractivity contribution in [2.24, 2.45) is 0 Å². The summed E-state index contributed by atoms with van der Waals surface area (Å²) in [7, 11) is 0. The maximum absolute atomic E-state index is 6.05. The molecule has 0 unspecified atom stereocenters. The van der Waals surface area contributed by atoms with Crippen molar-refractivity contribution in [2.75, 3.05) is 31.5 Å². The van der Waals surface area contributed by atoms with Crippen molar-refractivity contribution >= 4 is 29.0 Å². The van der Waals surface area contributed by atoms with E-state index in [1.165, 1.54) is 6.42 Å². The van der Waals surface area contributed by atoms with Gasteiger partial charge in [0.15, 0.2) is 0 Å². The van der Waals surface area contributed by atoms with Crippen LogP contribution >= 0.6 is 23.2 Å². The van der Waals surface area contributed by atoms with Crippen LogP contribution in [0, 0.1) is 0 Å². The molecule has 126 valence electrons. The second-order valence-electron chi connectivity index (χ2n) is 5.40. The second kappa shape index (κ2) is 9.16. The summed E-state index contributed by atoms with van der Waals surface area (Å²) < 4.78 is 1.79. The van der Waals surface area contributed by atoms with Gasteiger partial charge >= 0.3 is 0 Å². The highest BCUT2D eigenvalue weighted by Gasteiger charge is 2.04. The third-order valence-corrected chi connectivity index (χ3v) is 4.60. The Morgan fingerprint density at radius 1 is 1.09 bits per heavy atom. The molecule has 0 bridgehead atoms. The molecule has 0 amide bonds. The first-order chi connectivity index (χ1) is 11.1. The summed E-state index contributed by atoms with van der Waals surface area (Å²) in [5.41, 5.74) is 0.897. The maximum atomic E-state index is 6.05. The van der Waals surface area contributed by atoms with Crippen LogP contribution in [0.4, 0.5) is 5.82 Å². The number of hydrogen-bond donors (Lipinski definition) is 1. The van der Waals surface area contributed by atoms with E-state index in [0.717, 1.165) is 44.1 Å². The molecule has 1 aromatic carbocycles. The van der Waals surface area contributed by atoms with Crippen LogP contribution in [0.2, 0.25) is 10.0 Å². The average Bonchev–Trinajstić information content (AvgIpc) is 3.02. The fraction of sp³-hybridized carbons (Fsp3) is 0.471. The van der Waals surface area contributed by atoms with Crippen molar-refractivity contribution in [1.82, 2.24) is 14.7 Å². The molecular formula is C17H24Cl2N4. The standard InChI is InChI=1S/C17H24Cl2N4/c1-3-22(4-2)11-6-5-10-20-17-9-12-23(21-17)14-7-8-15(18)16(19)13-14/h7-9,12-13H,3-6,10-11H2,1-2H3,(H,20,21).